The van der Waals surface area contributed by atoms with Gasteiger partial charge >= 0.3 is 0 Å². The van der Waals surface area contributed by atoms with Crippen molar-refractivity contribution < 1.29 is 8.42 Å². The van der Waals surface area contributed by atoms with Crippen molar-refractivity contribution in [3.63, 3.8) is 0 Å². The molecule has 0 bridgehead atoms. The maximum Gasteiger partial charge on any atom is 0.246 e. The number of nitrogens with one attached hydrogen (secondary N) is 1. The number of hydrogen-bond acceptors (Lipinski definition) is 5. The summed E-state index contributed by atoms with van der Waals surface area (Å²) in [4.78, 5) is 4.14. The number of nitrogens with zero attached hydrogens (tertiary/aromatic N) is 2. The Labute approximate surface area is 134 Å². The van der Waals surface area contributed by atoms with Gasteiger partial charge in [0.05, 0.1) is 0 Å². The van der Waals surface area contributed by atoms with Crippen molar-refractivity contribution in [2.45, 2.75) is 38.0 Å². The second-order valence-electron chi connectivity index (χ2n) is 5.44. The number of rotatable bonds is 5. The molecule has 0 amide bonds. The third-order valence-corrected chi connectivity index (χ3v) is 6.77. The van der Waals surface area contributed by atoms with Gasteiger partial charge in [-0.3, -0.25) is 0 Å². The highest BCUT2D eigenvalue weighted by Crippen LogP contribution is 2.40. The van der Waals surface area contributed by atoms with Gasteiger partial charge < -0.3 is 5.43 Å². The van der Waals surface area contributed by atoms with E-state index in [4.69, 9.17) is 5.84 Å². The first-order valence-corrected chi connectivity index (χ1v) is 9.24. The third-order valence-electron chi connectivity index (χ3n) is 4.48. The molecule has 0 spiro atoms. The Morgan fingerprint density at radius 3 is 2.67 bits per heavy atom. The minimum Gasteiger partial charge on any atom is -0.307 e. The number of halogens is 1. The van der Waals surface area contributed by atoms with Crippen molar-refractivity contribution in [3.8, 4) is 0 Å². The molecule has 1 fully saturated rings. The van der Waals surface area contributed by atoms with Gasteiger partial charge in [0.2, 0.25) is 10.0 Å². The number of aromatic nitrogens is 1. The molecule has 1 saturated heterocycles. The van der Waals surface area contributed by atoms with Crippen LogP contribution in [0.2, 0.25) is 0 Å². The highest BCUT2D eigenvalue weighted by Gasteiger charge is 2.41. The van der Waals surface area contributed by atoms with E-state index in [1.54, 1.807) is 4.31 Å². The highest BCUT2D eigenvalue weighted by molar-refractivity contribution is 9.10. The summed E-state index contributed by atoms with van der Waals surface area (Å²) in [6.45, 7) is 5.33. The van der Waals surface area contributed by atoms with E-state index in [1.165, 1.54) is 12.3 Å². The predicted octanol–water partition coefficient (Wildman–Crippen LogP) is 2.33. The van der Waals surface area contributed by atoms with Crippen molar-refractivity contribution in [1.29, 1.82) is 0 Å². The van der Waals surface area contributed by atoms with Crippen LogP contribution in [0.4, 0.5) is 5.82 Å². The van der Waals surface area contributed by atoms with Crippen molar-refractivity contribution in [2.75, 3.05) is 18.5 Å². The topological polar surface area (TPSA) is 88.3 Å². The average molecular weight is 377 g/mol. The summed E-state index contributed by atoms with van der Waals surface area (Å²) in [5, 5.41) is 0. The van der Waals surface area contributed by atoms with Crippen molar-refractivity contribution in [2.24, 2.45) is 11.3 Å². The van der Waals surface area contributed by atoms with Crippen LogP contribution in [0.15, 0.2) is 21.6 Å². The number of nitrogen functional groups attached to an aromatic ring is 1. The van der Waals surface area contributed by atoms with Crippen LogP contribution >= 0.6 is 15.9 Å². The fourth-order valence-corrected chi connectivity index (χ4v) is 4.96. The minimum atomic E-state index is -3.60. The molecular weight excluding hydrogens is 356 g/mol. The molecule has 3 N–H and O–H groups in total. The van der Waals surface area contributed by atoms with E-state index in [9.17, 15) is 8.42 Å². The van der Waals surface area contributed by atoms with E-state index in [1.807, 2.05) is 0 Å². The Hall–Kier alpha value is -0.700. The lowest BCUT2D eigenvalue weighted by Crippen LogP contribution is -2.32. The van der Waals surface area contributed by atoms with Gasteiger partial charge in [-0.25, -0.2) is 19.2 Å². The Morgan fingerprint density at radius 1 is 1.48 bits per heavy atom. The summed E-state index contributed by atoms with van der Waals surface area (Å²) < 4.78 is 27.9. The van der Waals surface area contributed by atoms with Crippen LogP contribution in [0.3, 0.4) is 0 Å². The average Bonchev–Trinajstić information content (AvgIpc) is 2.93. The molecule has 21 heavy (non-hydrogen) atoms. The van der Waals surface area contributed by atoms with E-state index in [0.717, 1.165) is 19.3 Å². The van der Waals surface area contributed by atoms with E-state index >= 15 is 0 Å². The lowest BCUT2D eigenvalue weighted by atomic mass is 9.82. The summed E-state index contributed by atoms with van der Waals surface area (Å²) >= 11 is 3.26. The van der Waals surface area contributed by atoms with Crippen molar-refractivity contribution in [3.05, 3.63) is 16.7 Å². The zero-order valence-corrected chi connectivity index (χ0v) is 14.7. The number of hydrazine groups is 1. The monoisotopic (exact) mass is 376 g/mol. The first kappa shape index (κ1) is 16.7. The maximum absolute atomic E-state index is 12.9. The molecule has 0 aliphatic carbocycles. The summed E-state index contributed by atoms with van der Waals surface area (Å²) in [6, 6.07) is 1.54. The Morgan fingerprint density at radius 2 is 2.14 bits per heavy atom. The van der Waals surface area contributed by atoms with Gasteiger partial charge in [0.1, 0.15) is 4.90 Å². The maximum atomic E-state index is 12.9. The predicted molar refractivity (Wildman–Crippen MR) is 86.1 cm³/mol. The molecule has 0 radical (unpaired) electrons. The quantitative estimate of drug-likeness (QED) is 0.607. The molecule has 0 aromatic carbocycles. The van der Waals surface area contributed by atoms with Gasteiger partial charge in [-0.15, -0.1) is 0 Å². The fourth-order valence-electron chi connectivity index (χ4n) is 2.79. The number of hydrogen-bond donors (Lipinski definition) is 2. The molecule has 0 atom stereocenters. The Kier molecular flexibility index (Phi) is 4.92. The molecule has 2 rings (SSSR count). The second kappa shape index (κ2) is 6.20. The van der Waals surface area contributed by atoms with Gasteiger partial charge in [-0.2, -0.15) is 4.31 Å². The molecule has 1 aromatic heterocycles. The number of nitrogens with two attached hydrogens (primary N) is 1. The molecule has 1 aliphatic heterocycles. The molecule has 1 aromatic rings. The molecular formula is C13H21BrN4O2S. The van der Waals surface area contributed by atoms with Crippen molar-refractivity contribution >= 4 is 31.8 Å². The van der Waals surface area contributed by atoms with Gasteiger partial charge in [0.15, 0.2) is 5.82 Å². The van der Waals surface area contributed by atoms with Crippen LogP contribution in [0.5, 0.6) is 0 Å². The van der Waals surface area contributed by atoms with Crippen LogP contribution in [0, 0.1) is 5.41 Å². The summed E-state index contributed by atoms with van der Waals surface area (Å²) in [6.07, 6.45) is 4.37. The molecule has 8 heteroatoms. The van der Waals surface area contributed by atoms with Gasteiger partial charge in [0.25, 0.3) is 0 Å². The zero-order chi connectivity index (χ0) is 15.7. The number of anilines is 1. The molecule has 6 nitrogen and oxygen atoms in total. The summed E-state index contributed by atoms with van der Waals surface area (Å²) in [7, 11) is -3.60. The van der Waals surface area contributed by atoms with Gasteiger partial charge in [-0.05, 0) is 46.7 Å². The highest BCUT2D eigenvalue weighted by atomic mass is 79.9. The summed E-state index contributed by atoms with van der Waals surface area (Å²) in [5.41, 5.74) is 2.45. The van der Waals surface area contributed by atoms with Crippen LogP contribution < -0.4 is 11.3 Å². The SMILES string of the molecule is CCC1(CC)CCN(S(=O)(=O)c2cc(Br)cnc2NN)C1. The van der Waals surface area contributed by atoms with Crippen LogP contribution in [0.25, 0.3) is 0 Å². The lowest BCUT2D eigenvalue weighted by Gasteiger charge is -2.26. The summed E-state index contributed by atoms with van der Waals surface area (Å²) in [5.74, 6) is 5.56. The largest absolute Gasteiger partial charge is 0.307 e. The van der Waals surface area contributed by atoms with Crippen LogP contribution in [-0.4, -0.2) is 30.8 Å². The zero-order valence-electron chi connectivity index (χ0n) is 12.3. The number of sulfonamides is 1. The van der Waals surface area contributed by atoms with Gasteiger partial charge in [0, 0.05) is 23.8 Å². The number of pyridine rings is 1. The lowest BCUT2D eigenvalue weighted by molar-refractivity contribution is 0.279. The molecule has 118 valence electrons. The van der Waals surface area contributed by atoms with Crippen molar-refractivity contribution in [1.82, 2.24) is 9.29 Å². The molecule has 2 heterocycles. The minimum absolute atomic E-state index is 0.0861. The first-order valence-electron chi connectivity index (χ1n) is 7.01. The van der Waals surface area contributed by atoms with E-state index in [-0.39, 0.29) is 16.1 Å². The molecule has 1 aliphatic rings. The van der Waals surface area contributed by atoms with E-state index in [0.29, 0.717) is 17.6 Å². The second-order valence-corrected chi connectivity index (χ2v) is 8.26. The van der Waals surface area contributed by atoms with Crippen LogP contribution in [-0.2, 0) is 10.0 Å². The van der Waals surface area contributed by atoms with Gasteiger partial charge in [-0.1, -0.05) is 13.8 Å². The molecule has 0 saturated carbocycles. The smallest absolute Gasteiger partial charge is 0.246 e. The third kappa shape index (κ3) is 3.08. The van der Waals surface area contributed by atoms with E-state index < -0.39 is 10.0 Å². The van der Waals surface area contributed by atoms with Crippen LogP contribution in [0.1, 0.15) is 33.1 Å². The standard InChI is InChI=1S/C13H21BrN4O2S/c1-3-13(4-2)5-6-18(9-13)21(19,20)11-7-10(14)8-16-12(11)17-15/h7-8H,3-6,9,15H2,1-2H3,(H,16,17). The van der Waals surface area contributed by atoms with E-state index in [2.05, 4.69) is 40.2 Å². The first-order chi connectivity index (χ1) is 9.88. The Bertz CT molecular complexity index is 617. The Balaban J connectivity index is 2.38. The molecule has 0 unspecified atom stereocenters. The normalized spacial score (nSPS) is 18.9. The fraction of sp³-hybridized carbons (Fsp3) is 0.615.